The van der Waals surface area contributed by atoms with Crippen LogP contribution in [0.15, 0.2) is 47.4 Å². The van der Waals surface area contributed by atoms with Crippen LogP contribution in [0, 0.1) is 0 Å². The van der Waals surface area contributed by atoms with Crippen LogP contribution in [0.1, 0.15) is 112 Å². The van der Waals surface area contributed by atoms with Crippen LogP contribution in [0.25, 0.3) is 0 Å². The van der Waals surface area contributed by atoms with Crippen LogP contribution in [0.3, 0.4) is 0 Å². The second-order valence-corrected chi connectivity index (χ2v) is 10.0. The van der Waals surface area contributed by atoms with Crippen LogP contribution >= 0.6 is 0 Å². The summed E-state index contributed by atoms with van der Waals surface area (Å²) in [6.45, 7) is 4.48. The van der Waals surface area contributed by atoms with Gasteiger partial charge >= 0.3 is 11.9 Å². The van der Waals surface area contributed by atoms with Crippen molar-refractivity contribution in [3.63, 3.8) is 0 Å². The van der Waals surface area contributed by atoms with Gasteiger partial charge in [0.1, 0.15) is 4.90 Å². The molecule has 0 atom stereocenters. The normalized spacial score (nSPS) is 11.9. The molecule has 0 aliphatic rings. The van der Waals surface area contributed by atoms with Gasteiger partial charge < -0.3 is 9.47 Å². The predicted molar refractivity (Wildman–Crippen MR) is 142 cm³/mol. The summed E-state index contributed by atoms with van der Waals surface area (Å²) < 4.78 is 43.8. The van der Waals surface area contributed by atoms with Gasteiger partial charge in [-0.2, -0.15) is 8.42 Å². The number of rotatable bonds is 19. The minimum atomic E-state index is -4.76. The molecule has 0 spiro atoms. The van der Waals surface area contributed by atoms with Crippen molar-refractivity contribution in [3.05, 3.63) is 53.6 Å². The molecule has 0 radical (unpaired) electrons. The van der Waals surface area contributed by atoms with E-state index in [0.717, 1.165) is 38.2 Å². The first-order valence-corrected chi connectivity index (χ1v) is 14.5. The molecule has 1 rings (SSSR count). The van der Waals surface area contributed by atoms with E-state index < -0.39 is 32.5 Å². The molecule has 8 heteroatoms. The highest BCUT2D eigenvalue weighted by atomic mass is 32.2. The van der Waals surface area contributed by atoms with E-state index in [1.165, 1.54) is 37.8 Å². The molecule has 0 heterocycles. The van der Waals surface area contributed by atoms with Crippen LogP contribution in [0.2, 0.25) is 0 Å². The highest BCUT2D eigenvalue weighted by Gasteiger charge is 2.28. The van der Waals surface area contributed by atoms with Gasteiger partial charge in [-0.25, -0.2) is 9.59 Å². The number of unbranched alkanes of at least 4 members (excludes halogenated alkanes) is 8. The number of hydrogen-bond donors (Lipinski definition) is 1. The third-order valence-corrected chi connectivity index (χ3v) is 6.40. The second-order valence-electron chi connectivity index (χ2n) is 8.64. The van der Waals surface area contributed by atoms with E-state index in [2.05, 4.69) is 26.0 Å². The van der Waals surface area contributed by atoms with Crippen LogP contribution in [-0.4, -0.2) is 38.1 Å². The number of hydrogen-bond acceptors (Lipinski definition) is 6. The Morgan fingerprint density at radius 2 is 1.22 bits per heavy atom. The smallest absolute Gasteiger partial charge is 0.340 e. The lowest BCUT2D eigenvalue weighted by atomic mass is 10.1. The first-order chi connectivity index (χ1) is 17.3. The summed E-state index contributed by atoms with van der Waals surface area (Å²) in [6.07, 6.45) is 20.0. The van der Waals surface area contributed by atoms with Crippen molar-refractivity contribution in [2.45, 2.75) is 95.8 Å². The van der Waals surface area contributed by atoms with Crippen molar-refractivity contribution in [3.8, 4) is 0 Å². The molecular weight excluding hydrogens is 480 g/mol. The zero-order valence-electron chi connectivity index (χ0n) is 21.7. The van der Waals surface area contributed by atoms with Gasteiger partial charge in [-0.05, 0) is 63.5 Å². The SMILES string of the molecule is CCCCC/C=C/CCCOC(=O)c1cccc(S(=O)(=O)O)c1C(=O)OCCC/C=C/CCCCC. The molecule has 1 N–H and O–H groups in total. The average molecular weight is 523 g/mol. The Kier molecular flexibility index (Phi) is 16.5. The van der Waals surface area contributed by atoms with E-state index in [0.29, 0.717) is 19.3 Å². The standard InChI is InChI=1S/C28H42O7S/c1-3-5-7-9-11-13-15-17-22-34-27(29)24-20-19-21-25(36(31,32)33)26(24)28(30)35-23-18-16-14-12-10-8-6-4-2/h11-14,19-21H,3-10,15-18,22-23H2,1-2H3,(H,31,32,33)/b13-11+,14-12+. The summed E-state index contributed by atoms with van der Waals surface area (Å²) >= 11 is 0. The molecule has 0 bridgehead atoms. The fourth-order valence-electron chi connectivity index (χ4n) is 3.50. The van der Waals surface area contributed by atoms with Crippen molar-refractivity contribution in [1.82, 2.24) is 0 Å². The fraction of sp³-hybridized carbons (Fsp3) is 0.571. The highest BCUT2D eigenvalue weighted by molar-refractivity contribution is 7.86. The van der Waals surface area contributed by atoms with Crippen molar-refractivity contribution in [1.29, 1.82) is 0 Å². The summed E-state index contributed by atoms with van der Waals surface area (Å²) in [4.78, 5) is 24.7. The van der Waals surface area contributed by atoms with E-state index in [4.69, 9.17) is 9.47 Å². The molecule has 36 heavy (non-hydrogen) atoms. The maximum absolute atomic E-state index is 12.7. The number of ether oxygens (including phenoxy) is 2. The van der Waals surface area contributed by atoms with Crippen LogP contribution < -0.4 is 0 Å². The Morgan fingerprint density at radius 3 is 1.69 bits per heavy atom. The van der Waals surface area contributed by atoms with E-state index in [-0.39, 0.29) is 18.8 Å². The number of carbonyl (C=O) groups is 2. The van der Waals surface area contributed by atoms with Crippen LogP contribution in [0.4, 0.5) is 0 Å². The predicted octanol–water partition coefficient (Wildman–Crippen LogP) is 7.08. The number of allylic oxidation sites excluding steroid dienone is 4. The highest BCUT2D eigenvalue weighted by Crippen LogP contribution is 2.22. The average Bonchev–Trinajstić information content (AvgIpc) is 2.85. The second kappa shape index (κ2) is 18.8. The van der Waals surface area contributed by atoms with Crippen LogP contribution in [-0.2, 0) is 19.6 Å². The first kappa shape index (κ1) is 31.6. The molecular formula is C28H42O7S. The Hall–Kier alpha value is -2.45. The minimum Gasteiger partial charge on any atom is -0.462 e. The summed E-state index contributed by atoms with van der Waals surface area (Å²) in [5.41, 5.74) is -0.753. The summed E-state index contributed by atoms with van der Waals surface area (Å²) in [6, 6.07) is 3.63. The third-order valence-electron chi connectivity index (χ3n) is 5.51. The van der Waals surface area contributed by atoms with Gasteiger partial charge in [-0.15, -0.1) is 0 Å². The lowest BCUT2D eigenvalue weighted by molar-refractivity contribution is 0.0450. The quantitative estimate of drug-likeness (QED) is 0.0895. The zero-order chi connectivity index (χ0) is 26.7. The van der Waals surface area contributed by atoms with Gasteiger partial charge in [0.25, 0.3) is 10.1 Å². The molecule has 0 aliphatic carbocycles. The lowest BCUT2D eigenvalue weighted by Gasteiger charge is -2.12. The summed E-state index contributed by atoms with van der Waals surface area (Å²) in [5, 5.41) is 0. The van der Waals surface area contributed by atoms with E-state index in [1.807, 2.05) is 12.2 Å². The monoisotopic (exact) mass is 522 g/mol. The minimum absolute atomic E-state index is 0.0526. The molecule has 0 aromatic heterocycles. The van der Waals surface area contributed by atoms with Crippen molar-refractivity contribution in [2.24, 2.45) is 0 Å². The maximum Gasteiger partial charge on any atom is 0.340 e. The van der Waals surface area contributed by atoms with Crippen molar-refractivity contribution < 1.29 is 32.0 Å². The Balaban J connectivity index is 2.69. The van der Waals surface area contributed by atoms with E-state index in [1.54, 1.807) is 0 Å². The topological polar surface area (TPSA) is 107 Å². The van der Waals surface area contributed by atoms with Gasteiger partial charge in [0.05, 0.1) is 24.3 Å². The van der Waals surface area contributed by atoms with Crippen LogP contribution in [0.5, 0.6) is 0 Å². The van der Waals surface area contributed by atoms with Gasteiger partial charge in [-0.1, -0.05) is 69.9 Å². The molecule has 1 aromatic rings. The Labute approximate surface area is 216 Å². The first-order valence-electron chi connectivity index (χ1n) is 13.1. The molecule has 0 aliphatic heterocycles. The lowest BCUT2D eigenvalue weighted by Crippen LogP contribution is -2.19. The molecule has 0 amide bonds. The Bertz CT molecular complexity index is 949. The molecule has 0 saturated carbocycles. The molecule has 0 unspecified atom stereocenters. The van der Waals surface area contributed by atoms with Gasteiger partial charge in [0.15, 0.2) is 0 Å². The zero-order valence-corrected chi connectivity index (χ0v) is 22.6. The van der Waals surface area contributed by atoms with Crippen molar-refractivity contribution >= 4 is 22.1 Å². The molecule has 0 fully saturated rings. The Morgan fingerprint density at radius 1 is 0.750 bits per heavy atom. The maximum atomic E-state index is 12.7. The van der Waals surface area contributed by atoms with E-state index >= 15 is 0 Å². The number of carbonyl (C=O) groups excluding carboxylic acids is 2. The fourth-order valence-corrected chi connectivity index (χ4v) is 4.21. The molecule has 0 saturated heterocycles. The van der Waals surface area contributed by atoms with Gasteiger partial charge in [-0.3, -0.25) is 4.55 Å². The number of benzene rings is 1. The van der Waals surface area contributed by atoms with Gasteiger partial charge in [0, 0.05) is 0 Å². The number of esters is 2. The third kappa shape index (κ3) is 13.0. The van der Waals surface area contributed by atoms with Crippen molar-refractivity contribution in [2.75, 3.05) is 13.2 Å². The molecule has 202 valence electrons. The molecule has 7 nitrogen and oxygen atoms in total. The molecule has 1 aromatic carbocycles. The summed E-state index contributed by atoms with van der Waals surface area (Å²) in [5.74, 6) is -1.83. The largest absolute Gasteiger partial charge is 0.462 e. The van der Waals surface area contributed by atoms with Gasteiger partial charge in [0.2, 0.25) is 0 Å². The van der Waals surface area contributed by atoms with E-state index in [9.17, 15) is 22.6 Å². The summed E-state index contributed by atoms with van der Waals surface area (Å²) in [7, 11) is -4.76.